The maximum absolute atomic E-state index is 12.2. The van der Waals surface area contributed by atoms with Gasteiger partial charge in [-0.2, -0.15) is 0 Å². The molecule has 0 radical (unpaired) electrons. The topological polar surface area (TPSA) is 69.0 Å². The van der Waals surface area contributed by atoms with Crippen LogP contribution in [0, 0.1) is 0 Å². The number of rotatable bonds is 10. The lowest BCUT2D eigenvalue weighted by Crippen LogP contribution is -2.24. The molecule has 7 heteroatoms. The van der Waals surface area contributed by atoms with Crippen molar-refractivity contribution in [2.75, 3.05) is 5.75 Å². The van der Waals surface area contributed by atoms with Crippen LogP contribution in [0.25, 0.3) is 0 Å². The van der Waals surface area contributed by atoms with Crippen LogP contribution < -0.4 is 10.1 Å². The van der Waals surface area contributed by atoms with Crippen molar-refractivity contribution in [3.63, 3.8) is 0 Å². The van der Waals surface area contributed by atoms with Gasteiger partial charge in [0.25, 0.3) is 0 Å². The maximum atomic E-state index is 12.2. The van der Waals surface area contributed by atoms with E-state index >= 15 is 0 Å². The Balaban J connectivity index is 1.56. The number of aromatic nitrogens is 3. The summed E-state index contributed by atoms with van der Waals surface area (Å²) >= 11 is 1.39. The van der Waals surface area contributed by atoms with Gasteiger partial charge in [-0.1, -0.05) is 61.2 Å². The van der Waals surface area contributed by atoms with Crippen LogP contribution in [0.3, 0.4) is 0 Å². The molecule has 3 rings (SSSR count). The lowest BCUT2D eigenvalue weighted by molar-refractivity contribution is -0.118. The maximum Gasteiger partial charge on any atom is 0.230 e. The third-order valence-corrected chi connectivity index (χ3v) is 5.70. The van der Waals surface area contributed by atoms with E-state index in [2.05, 4.69) is 34.6 Å². The van der Waals surface area contributed by atoms with E-state index in [1.54, 1.807) is 0 Å². The van der Waals surface area contributed by atoms with Gasteiger partial charge >= 0.3 is 0 Å². The summed E-state index contributed by atoms with van der Waals surface area (Å²) in [7, 11) is 0. The fraction of sp³-hybridized carbons (Fsp3) is 0.348. The average Bonchev–Trinajstić information content (AvgIpc) is 3.20. The van der Waals surface area contributed by atoms with Crippen molar-refractivity contribution in [3.8, 4) is 5.75 Å². The Morgan fingerprint density at radius 1 is 1.07 bits per heavy atom. The third kappa shape index (κ3) is 5.86. The van der Waals surface area contributed by atoms with E-state index in [9.17, 15) is 4.79 Å². The highest BCUT2D eigenvalue weighted by molar-refractivity contribution is 7.99. The van der Waals surface area contributed by atoms with Gasteiger partial charge in [0.2, 0.25) is 5.91 Å². The highest BCUT2D eigenvalue weighted by Gasteiger charge is 2.19. The molecule has 1 atom stereocenters. The van der Waals surface area contributed by atoms with E-state index in [0.717, 1.165) is 28.7 Å². The van der Waals surface area contributed by atoms with Gasteiger partial charge in [0.15, 0.2) is 17.1 Å². The number of hydrogen-bond acceptors (Lipinski definition) is 5. The molecule has 0 aliphatic carbocycles. The molecule has 3 aromatic rings. The van der Waals surface area contributed by atoms with Crippen molar-refractivity contribution in [1.82, 2.24) is 20.1 Å². The summed E-state index contributed by atoms with van der Waals surface area (Å²) in [5, 5.41) is 12.3. The highest BCUT2D eigenvalue weighted by Crippen LogP contribution is 2.25. The number of carbonyl (C=O) groups excluding carboxylic acids is 1. The largest absolute Gasteiger partial charge is 0.483 e. The molecular formula is C23H28N4O2S. The summed E-state index contributed by atoms with van der Waals surface area (Å²) in [6.45, 7) is 7.36. The summed E-state index contributed by atoms with van der Waals surface area (Å²) in [6, 6.07) is 18.0. The standard InChI is InChI=1S/C23H28N4O2S/c1-4-18-11-13-20(14-12-18)29-17(3)22-25-26-23(27(22)5-2)30-16-21(28)24-15-19-9-7-6-8-10-19/h6-14,17H,4-5,15-16H2,1-3H3,(H,24,28). The molecule has 0 aliphatic heterocycles. The quantitative estimate of drug-likeness (QED) is 0.488. The van der Waals surface area contributed by atoms with Crippen LogP contribution in [-0.4, -0.2) is 26.4 Å². The van der Waals surface area contributed by atoms with Crippen LogP contribution in [0.1, 0.15) is 43.8 Å². The molecule has 1 heterocycles. The fourth-order valence-electron chi connectivity index (χ4n) is 3.04. The van der Waals surface area contributed by atoms with Crippen molar-refractivity contribution in [1.29, 1.82) is 0 Å². The van der Waals surface area contributed by atoms with Crippen molar-refractivity contribution >= 4 is 17.7 Å². The van der Waals surface area contributed by atoms with Gasteiger partial charge in [-0.25, -0.2) is 0 Å². The van der Waals surface area contributed by atoms with Crippen molar-refractivity contribution < 1.29 is 9.53 Å². The lowest BCUT2D eigenvalue weighted by atomic mass is 10.2. The monoisotopic (exact) mass is 424 g/mol. The van der Waals surface area contributed by atoms with E-state index in [0.29, 0.717) is 18.8 Å². The Hall–Kier alpha value is -2.80. The molecule has 0 spiro atoms. The summed E-state index contributed by atoms with van der Waals surface area (Å²) in [5.41, 5.74) is 2.35. The van der Waals surface area contributed by atoms with E-state index < -0.39 is 0 Å². The smallest absolute Gasteiger partial charge is 0.230 e. The number of amides is 1. The Labute approximate surface area is 182 Å². The van der Waals surface area contributed by atoms with Crippen molar-refractivity contribution in [2.24, 2.45) is 0 Å². The minimum Gasteiger partial charge on any atom is -0.483 e. The molecule has 1 N–H and O–H groups in total. The molecule has 0 bridgehead atoms. The van der Waals surface area contributed by atoms with Gasteiger partial charge < -0.3 is 14.6 Å². The molecule has 2 aromatic carbocycles. The number of nitrogens with zero attached hydrogens (tertiary/aromatic N) is 3. The molecule has 158 valence electrons. The highest BCUT2D eigenvalue weighted by atomic mass is 32.2. The lowest BCUT2D eigenvalue weighted by Gasteiger charge is -2.16. The molecule has 0 saturated carbocycles. The summed E-state index contributed by atoms with van der Waals surface area (Å²) in [6.07, 6.45) is 0.755. The number of hydrogen-bond donors (Lipinski definition) is 1. The van der Waals surface area contributed by atoms with Gasteiger partial charge in [-0.15, -0.1) is 10.2 Å². The molecule has 1 unspecified atom stereocenters. The normalized spacial score (nSPS) is 11.8. The second-order valence-electron chi connectivity index (χ2n) is 6.89. The molecule has 6 nitrogen and oxygen atoms in total. The first kappa shape index (κ1) is 21.9. The number of nitrogens with one attached hydrogen (secondary N) is 1. The zero-order chi connectivity index (χ0) is 21.3. The van der Waals surface area contributed by atoms with E-state index in [4.69, 9.17) is 4.74 Å². The number of aryl methyl sites for hydroxylation is 1. The van der Waals surface area contributed by atoms with Crippen LogP contribution >= 0.6 is 11.8 Å². The second-order valence-corrected chi connectivity index (χ2v) is 7.84. The molecule has 0 aliphatic rings. The Morgan fingerprint density at radius 3 is 2.47 bits per heavy atom. The Bertz CT molecular complexity index is 942. The van der Waals surface area contributed by atoms with Crippen LogP contribution in [0.2, 0.25) is 0 Å². The second kappa shape index (κ2) is 10.8. The molecule has 1 aromatic heterocycles. The van der Waals surface area contributed by atoms with Gasteiger partial charge in [0, 0.05) is 13.1 Å². The molecule has 0 saturated heterocycles. The Morgan fingerprint density at radius 2 is 1.80 bits per heavy atom. The number of carbonyl (C=O) groups is 1. The molecule has 1 amide bonds. The van der Waals surface area contributed by atoms with Crippen LogP contribution in [0.4, 0.5) is 0 Å². The summed E-state index contributed by atoms with van der Waals surface area (Å²) in [5.74, 6) is 1.82. The molecule has 0 fully saturated rings. The summed E-state index contributed by atoms with van der Waals surface area (Å²) in [4.78, 5) is 12.2. The summed E-state index contributed by atoms with van der Waals surface area (Å²) < 4.78 is 8.06. The van der Waals surface area contributed by atoms with E-state index in [1.807, 2.05) is 60.9 Å². The van der Waals surface area contributed by atoms with Crippen molar-refractivity contribution in [3.05, 3.63) is 71.5 Å². The minimum atomic E-state index is -0.244. The number of benzene rings is 2. The zero-order valence-corrected chi connectivity index (χ0v) is 18.5. The van der Waals surface area contributed by atoms with Crippen LogP contribution in [0.5, 0.6) is 5.75 Å². The predicted molar refractivity (Wildman–Crippen MR) is 120 cm³/mol. The van der Waals surface area contributed by atoms with E-state index in [1.165, 1.54) is 17.3 Å². The first-order valence-electron chi connectivity index (χ1n) is 10.2. The Kier molecular flexibility index (Phi) is 7.90. The molecule has 30 heavy (non-hydrogen) atoms. The molecular weight excluding hydrogens is 396 g/mol. The van der Waals surface area contributed by atoms with Gasteiger partial charge in [-0.05, 0) is 43.5 Å². The predicted octanol–water partition coefficient (Wildman–Crippen LogP) is 4.41. The van der Waals surface area contributed by atoms with E-state index in [-0.39, 0.29) is 12.0 Å². The van der Waals surface area contributed by atoms with Crippen LogP contribution in [-0.2, 0) is 24.3 Å². The average molecular weight is 425 g/mol. The first-order valence-corrected chi connectivity index (χ1v) is 11.2. The number of thioether (sulfide) groups is 1. The minimum absolute atomic E-state index is 0.0311. The number of ether oxygens (including phenoxy) is 1. The van der Waals surface area contributed by atoms with Gasteiger partial charge in [0.05, 0.1) is 5.75 Å². The zero-order valence-electron chi connectivity index (χ0n) is 17.7. The van der Waals surface area contributed by atoms with Crippen molar-refractivity contribution in [2.45, 2.75) is 51.5 Å². The third-order valence-electron chi connectivity index (χ3n) is 4.73. The fourth-order valence-corrected chi connectivity index (χ4v) is 3.88. The van der Waals surface area contributed by atoms with Crippen LogP contribution in [0.15, 0.2) is 59.8 Å². The van der Waals surface area contributed by atoms with Gasteiger partial charge in [-0.3, -0.25) is 4.79 Å². The SMILES string of the molecule is CCc1ccc(OC(C)c2nnc(SCC(=O)NCc3ccccc3)n2CC)cc1. The first-order chi connectivity index (χ1) is 14.6. The van der Waals surface area contributed by atoms with Gasteiger partial charge in [0.1, 0.15) is 5.75 Å².